The summed E-state index contributed by atoms with van der Waals surface area (Å²) < 4.78 is 0. The summed E-state index contributed by atoms with van der Waals surface area (Å²) in [6, 6.07) is 6.24. The molecule has 16 heavy (non-hydrogen) atoms. The predicted octanol–water partition coefficient (Wildman–Crippen LogP) is 0.940. The van der Waals surface area contributed by atoms with E-state index in [1.165, 1.54) is 0 Å². The van der Waals surface area contributed by atoms with Crippen LogP contribution < -0.4 is 5.32 Å². The van der Waals surface area contributed by atoms with Crippen LogP contribution in [0.4, 0.5) is 0 Å². The summed E-state index contributed by atoms with van der Waals surface area (Å²) in [5.41, 5.74) is 8.47. The first kappa shape index (κ1) is 12.1. The van der Waals surface area contributed by atoms with Gasteiger partial charge in [0.2, 0.25) is 0 Å². The SMILES string of the molecule is [N-]=[N+]=CC(=O)CNC(=O)c1ccc(Cl)cc1. The average molecular weight is 238 g/mol. The Morgan fingerprint density at radius 2 is 2.00 bits per heavy atom. The lowest BCUT2D eigenvalue weighted by atomic mass is 10.2. The van der Waals surface area contributed by atoms with Crippen molar-refractivity contribution in [2.45, 2.75) is 0 Å². The highest BCUT2D eigenvalue weighted by Gasteiger charge is 2.08. The van der Waals surface area contributed by atoms with E-state index >= 15 is 0 Å². The van der Waals surface area contributed by atoms with Crippen molar-refractivity contribution in [3.8, 4) is 0 Å². The Bertz CT molecular complexity index is 450. The quantitative estimate of drug-likeness (QED) is 0.480. The van der Waals surface area contributed by atoms with Crippen LogP contribution in [0.2, 0.25) is 5.02 Å². The average Bonchev–Trinajstić information content (AvgIpc) is 2.27. The van der Waals surface area contributed by atoms with Gasteiger partial charge < -0.3 is 10.8 Å². The van der Waals surface area contributed by atoms with Gasteiger partial charge in [-0.15, -0.1) is 0 Å². The number of halogens is 1. The minimum atomic E-state index is -0.496. The number of hydrogen-bond acceptors (Lipinski definition) is 2. The standard InChI is InChI=1S/C10H8ClN3O2/c11-8-3-1-7(2-4-8)10(16)13-5-9(15)6-14-12/h1-4,6H,5H2,(H,13,16). The van der Waals surface area contributed by atoms with Crippen LogP contribution >= 0.6 is 11.6 Å². The number of carbonyl (C=O) groups is 2. The summed E-state index contributed by atoms with van der Waals surface area (Å²) in [5.74, 6) is -0.888. The van der Waals surface area contributed by atoms with E-state index in [0.29, 0.717) is 10.6 Å². The molecule has 0 aliphatic rings. The molecular weight excluding hydrogens is 230 g/mol. The van der Waals surface area contributed by atoms with Crippen LogP contribution in [0.15, 0.2) is 24.3 Å². The molecule has 0 unspecified atom stereocenters. The Balaban J connectivity index is 2.56. The number of hydrogen-bond donors (Lipinski definition) is 1. The zero-order chi connectivity index (χ0) is 12.0. The van der Waals surface area contributed by atoms with Crippen molar-refractivity contribution in [1.82, 2.24) is 5.32 Å². The van der Waals surface area contributed by atoms with E-state index in [1.54, 1.807) is 24.3 Å². The molecule has 1 rings (SSSR count). The maximum absolute atomic E-state index is 11.5. The minimum absolute atomic E-state index is 0.217. The summed E-state index contributed by atoms with van der Waals surface area (Å²) in [6.07, 6.45) is 0.724. The second kappa shape index (κ2) is 5.80. The molecule has 0 bridgehead atoms. The fourth-order valence-electron chi connectivity index (χ4n) is 0.981. The van der Waals surface area contributed by atoms with E-state index in [2.05, 4.69) is 10.1 Å². The van der Waals surface area contributed by atoms with Crippen LogP contribution in [0.1, 0.15) is 10.4 Å². The number of rotatable bonds is 4. The Morgan fingerprint density at radius 3 is 2.56 bits per heavy atom. The maximum atomic E-state index is 11.5. The zero-order valence-corrected chi connectivity index (χ0v) is 8.94. The molecule has 1 aromatic rings. The number of carbonyl (C=O) groups excluding carboxylic acids is 2. The van der Waals surface area contributed by atoms with Crippen LogP contribution in [0.25, 0.3) is 5.53 Å². The number of nitrogens with one attached hydrogen (secondary N) is 1. The van der Waals surface area contributed by atoms with Crippen molar-refractivity contribution in [2.24, 2.45) is 0 Å². The van der Waals surface area contributed by atoms with Crippen molar-refractivity contribution >= 4 is 29.5 Å². The van der Waals surface area contributed by atoms with Crippen LogP contribution in [0.3, 0.4) is 0 Å². The molecule has 0 radical (unpaired) electrons. The summed E-state index contributed by atoms with van der Waals surface area (Å²) >= 11 is 5.65. The first-order chi connectivity index (χ1) is 7.63. The molecule has 0 fully saturated rings. The molecule has 82 valence electrons. The van der Waals surface area contributed by atoms with Crippen LogP contribution in [-0.2, 0) is 4.79 Å². The lowest BCUT2D eigenvalue weighted by Gasteiger charge is -2.01. The van der Waals surface area contributed by atoms with Gasteiger partial charge in [-0.25, -0.2) is 0 Å². The van der Waals surface area contributed by atoms with Gasteiger partial charge in [-0.2, -0.15) is 4.79 Å². The number of Topliss-reactive ketones (excluding diaryl/α,β-unsaturated/α-hetero) is 1. The Labute approximate surface area is 96.6 Å². The minimum Gasteiger partial charge on any atom is -0.361 e. The second-order valence-corrected chi connectivity index (χ2v) is 3.34. The van der Waals surface area contributed by atoms with Gasteiger partial charge in [-0.05, 0) is 24.3 Å². The number of nitrogens with zero attached hydrogens (tertiary/aromatic N) is 2. The molecule has 0 aliphatic heterocycles. The van der Waals surface area contributed by atoms with E-state index in [-0.39, 0.29) is 6.54 Å². The normalized spacial score (nSPS) is 9.06. The lowest BCUT2D eigenvalue weighted by molar-refractivity contribution is -0.115. The van der Waals surface area contributed by atoms with Crippen molar-refractivity contribution in [2.75, 3.05) is 6.54 Å². The fourth-order valence-corrected chi connectivity index (χ4v) is 1.11. The Morgan fingerprint density at radius 1 is 1.38 bits per heavy atom. The molecular formula is C10H8ClN3O2. The van der Waals surface area contributed by atoms with E-state index in [1.807, 2.05) is 0 Å². The van der Waals surface area contributed by atoms with Gasteiger partial charge in [0.1, 0.15) is 0 Å². The third kappa shape index (κ3) is 3.65. The second-order valence-electron chi connectivity index (χ2n) is 2.90. The lowest BCUT2D eigenvalue weighted by Crippen LogP contribution is -2.30. The van der Waals surface area contributed by atoms with Gasteiger partial charge >= 0.3 is 6.21 Å². The van der Waals surface area contributed by atoms with E-state index in [4.69, 9.17) is 17.1 Å². The number of ketones is 1. The molecule has 0 spiro atoms. The van der Waals surface area contributed by atoms with E-state index < -0.39 is 11.7 Å². The van der Waals surface area contributed by atoms with Crippen LogP contribution in [0, 0.1) is 0 Å². The Kier molecular flexibility index (Phi) is 4.39. The van der Waals surface area contributed by atoms with Crippen molar-refractivity contribution in [1.29, 1.82) is 0 Å². The van der Waals surface area contributed by atoms with Gasteiger partial charge in [-0.1, -0.05) is 11.6 Å². The predicted molar refractivity (Wildman–Crippen MR) is 58.5 cm³/mol. The molecule has 6 heteroatoms. The molecule has 1 aromatic carbocycles. The molecule has 0 saturated heterocycles. The van der Waals surface area contributed by atoms with Gasteiger partial charge in [-0.3, -0.25) is 9.59 Å². The maximum Gasteiger partial charge on any atom is 0.325 e. The smallest absolute Gasteiger partial charge is 0.325 e. The number of benzene rings is 1. The zero-order valence-electron chi connectivity index (χ0n) is 8.18. The highest BCUT2D eigenvalue weighted by Crippen LogP contribution is 2.08. The van der Waals surface area contributed by atoms with Crippen molar-refractivity contribution in [3.05, 3.63) is 40.4 Å². The summed E-state index contributed by atoms with van der Waals surface area (Å²) in [5, 5.41) is 2.90. The van der Waals surface area contributed by atoms with Gasteiger partial charge in [0.25, 0.3) is 11.7 Å². The summed E-state index contributed by atoms with van der Waals surface area (Å²) in [4.78, 5) is 24.9. The molecule has 0 heterocycles. The highest BCUT2D eigenvalue weighted by molar-refractivity contribution is 6.30. The van der Waals surface area contributed by atoms with Gasteiger partial charge in [0, 0.05) is 10.6 Å². The molecule has 1 amide bonds. The third-order valence-electron chi connectivity index (χ3n) is 1.73. The molecule has 0 saturated carbocycles. The molecule has 0 atom stereocenters. The van der Waals surface area contributed by atoms with Gasteiger partial charge in [0.15, 0.2) is 0 Å². The molecule has 1 N–H and O–H groups in total. The van der Waals surface area contributed by atoms with Crippen LogP contribution in [-0.4, -0.2) is 29.2 Å². The van der Waals surface area contributed by atoms with E-state index in [0.717, 1.165) is 6.21 Å². The van der Waals surface area contributed by atoms with Gasteiger partial charge in [0.05, 0.1) is 6.54 Å². The van der Waals surface area contributed by atoms with Crippen LogP contribution in [0.5, 0.6) is 0 Å². The number of amides is 1. The molecule has 5 nitrogen and oxygen atoms in total. The summed E-state index contributed by atoms with van der Waals surface area (Å²) in [7, 11) is 0. The monoisotopic (exact) mass is 237 g/mol. The fraction of sp³-hybridized carbons (Fsp3) is 0.100. The third-order valence-corrected chi connectivity index (χ3v) is 1.98. The van der Waals surface area contributed by atoms with Crippen molar-refractivity contribution < 1.29 is 14.4 Å². The highest BCUT2D eigenvalue weighted by atomic mass is 35.5. The molecule has 0 aromatic heterocycles. The summed E-state index contributed by atoms with van der Waals surface area (Å²) in [6.45, 7) is -0.217. The first-order valence-corrected chi connectivity index (χ1v) is 4.75. The first-order valence-electron chi connectivity index (χ1n) is 4.37. The Hall–Kier alpha value is -1.97. The molecule has 0 aliphatic carbocycles. The van der Waals surface area contributed by atoms with E-state index in [9.17, 15) is 9.59 Å². The van der Waals surface area contributed by atoms with Crippen molar-refractivity contribution in [3.63, 3.8) is 0 Å². The topological polar surface area (TPSA) is 82.6 Å². The largest absolute Gasteiger partial charge is 0.361 e.